The van der Waals surface area contributed by atoms with Gasteiger partial charge in [-0.15, -0.1) is 0 Å². The molecule has 3 aromatic rings. The van der Waals surface area contributed by atoms with E-state index in [2.05, 4.69) is 27.3 Å². The van der Waals surface area contributed by atoms with E-state index in [-0.39, 0.29) is 12.1 Å². The molecule has 3 fully saturated rings. The van der Waals surface area contributed by atoms with E-state index in [1.165, 1.54) is 12.8 Å². The third-order valence-corrected chi connectivity index (χ3v) is 8.06. The minimum Gasteiger partial charge on any atom is -0.490 e. The summed E-state index contributed by atoms with van der Waals surface area (Å²) in [5, 5.41) is 7.79. The molecule has 2 saturated carbocycles. The largest absolute Gasteiger partial charge is 0.490 e. The number of benzene rings is 2. The maximum atomic E-state index is 12.2. The summed E-state index contributed by atoms with van der Waals surface area (Å²) >= 11 is 7.01. The Morgan fingerprint density at radius 3 is 2.37 bits per heavy atom. The molecule has 2 amide bonds. The molecule has 0 bridgehead atoms. The third-order valence-electron chi connectivity index (χ3n) is 7.68. The molecule has 0 spiro atoms. The monoisotopic (exact) mass is 493 g/mol. The van der Waals surface area contributed by atoms with Gasteiger partial charge in [0.15, 0.2) is 0 Å². The molecule has 184 valence electrons. The highest BCUT2D eigenvalue weighted by Gasteiger charge is 2.28. The third kappa shape index (κ3) is 4.62. The second kappa shape index (κ2) is 9.75. The Bertz CT molecular complexity index is 1210. The molecule has 1 saturated heterocycles. The fourth-order valence-corrected chi connectivity index (χ4v) is 5.58. The van der Waals surface area contributed by atoms with Gasteiger partial charge >= 0.3 is 6.03 Å². The second-order valence-electron chi connectivity index (χ2n) is 10.0. The topological polar surface area (TPSA) is 64.5 Å². The van der Waals surface area contributed by atoms with E-state index < -0.39 is 0 Å². The number of aromatic nitrogens is 1. The number of anilines is 1. The molecule has 3 aliphatic rings. The van der Waals surface area contributed by atoms with E-state index >= 15 is 0 Å². The van der Waals surface area contributed by atoms with Crippen molar-refractivity contribution in [3.8, 4) is 17.0 Å². The van der Waals surface area contributed by atoms with Gasteiger partial charge in [-0.05, 0) is 68.4 Å². The van der Waals surface area contributed by atoms with Crippen LogP contribution in [0, 0.1) is 0 Å². The summed E-state index contributed by atoms with van der Waals surface area (Å²) in [7, 11) is 0. The summed E-state index contributed by atoms with van der Waals surface area (Å²) in [5.41, 5.74) is 4.00. The van der Waals surface area contributed by atoms with Gasteiger partial charge in [0.2, 0.25) is 0 Å². The van der Waals surface area contributed by atoms with E-state index in [0.717, 1.165) is 90.4 Å². The van der Waals surface area contributed by atoms with Crippen LogP contribution in [-0.4, -0.2) is 36.0 Å². The number of carbonyl (C=O) groups is 1. The van der Waals surface area contributed by atoms with E-state index in [1.807, 2.05) is 30.3 Å². The van der Waals surface area contributed by atoms with Crippen molar-refractivity contribution in [1.82, 2.24) is 9.88 Å². The van der Waals surface area contributed by atoms with Gasteiger partial charge in [-0.25, -0.2) is 4.79 Å². The lowest BCUT2D eigenvalue weighted by atomic mass is 9.92. The van der Waals surface area contributed by atoms with Crippen LogP contribution in [0.15, 0.2) is 42.5 Å². The average molecular weight is 494 g/mol. The fraction of sp³-hybridized carbons (Fsp3) is 0.464. The first-order valence-corrected chi connectivity index (χ1v) is 13.3. The number of ether oxygens (including phenoxy) is 2. The van der Waals surface area contributed by atoms with E-state index in [0.29, 0.717) is 12.1 Å². The van der Waals surface area contributed by atoms with Crippen LogP contribution in [0.3, 0.4) is 0 Å². The van der Waals surface area contributed by atoms with Crippen molar-refractivity contribution in [3.63, 3.8) is 0 Å². The molecule has 6 nitrogen and oxygen atoms in total. The van der Waals surface area contributed by atoms with E-state index in [9.17, 15) is 4.79 Å². The quantitative estimate of drug-likeness (QED) is 0.391. The molecular formula is C28H32ClN3O3. The zero-order valence-electron chi connectivity index (χ0n) is 19.9. The molecule has 0 unspecified atom stereocenters. The van der Waals surface area contributed by atoms with Crippen LogP contribution in [0.25, 0.3) is 22.2 Å². The van der Waals surface area contributed by atoms with Gasteiger partial charge in [0.05, 0.1) is 29.4 Å². The van der Waals surface area contributed by atoms with Gasteiger partial charge in [0.1, 0.15) is 11.9 Å². The van der Waals surface area contributed by atoms with Crippen molar-refractivity contribution in [1.29, 1.82) is 0 Å². The Balaban J connectivity index is 1.29. The number of nitrogens with zero attached hydrogens (tertiary/aromatic N) is 1. The highest BCUT2D eigenvalue weighted by Crippen LogP contribution is 2.45. The minimum absolute atomic E-state index is 0.138. The van der Waals surface area contributed by atoms with Gasteiger partial charge in [-0.3, -0.25) is 0 Å². The second-order valence-corrected chi connectivity index (χ2v) is 10.4. The highest BCUT2D eigenvalue weighted by molar-refractivity contribution is 6.38. The molecule has 1 aromatic heterocycles. The summed E-state index contributed by atoms with van der Waals surface area (Å²) in [6, 6.07) is 14.9. The minimum atomic E-state index is -0.138. The SMILES string of the molecule is O=C(Nc1ccc(-c2c(Cl)c3ccc(OC4CCOCC4)cc3n2C2CCC2)cc1)NC1CCC1. The summed E-state index contributed by atoms with van der Waals surface area (Å²) in [6.45, 7) is 1.52. The summed E-state index contributed by atoms with van der Waals surface area (Å²) in [5.74, 6) is 0.891. The van der Waals surface area contributed by atoms with Crippen molar-refractivity contribution in [3.05, 3.63) is 47.5 Å². The predicted octanol–water partition coefficient (Wildman–Crippen LogP) is 6.92. The number of hydrogen-bond acceptors (Lipinski definition) is 3. The van der Waals surface area contributed by atoms with E-state index in [1.54, 1.807) is 0 Å². The molecule has 2 aliphatic carbocycles. The summed E-state index contributed by atoms with van der Waals surface area (Å²) < 4.78 is 14.2. The Hall–Kier alpha value is -2.70. The van der Waals surface area contributed by atoms with Crippen LogP contribution in [0.1, 0.15) is 57.4 Å². The lowest BCUT2D eigenvalue weighted by Crippen LogP contribution is -2.41. The normalized spacial score (nSPS) is 19.2. The number of nitrogens with one attached hydrogen (secondary N) is 2. The van der Waals surface area contributed by atoms with Gasteiger partial charge in [-0.1, -0.05) is 23.7 Å². The molecule has 6 rings (SSSR count). The van der Waals surface area contributed by atoms with Crippen LogP contribution in [0.5, 0.6) is 5.75 Å². The maximum absolute atomic E-state index is 12.2. The lowest BCUT2D eigenvalue weighted by molar-refractivity contribution is 0.0256. The summed E-state index contributed by atoms with van der Waals surface area (Å²) in [6.07, 6.45) is 8.91. The molecule has 0 atom stereocenters. The predicted molar refractivity (Wildman–Crippen MR) is 140 cm³/mol. The Kier molecular flexibility index (Phi) is 6.33. The first-order chi connectivity index (χ1) is 17.2. The molecule has 35 heavy (non-hydrogen) atoms. The smallest absolute Gasteiger partial charge is 0.319 e. The number of rotatable bonds is 6. The van der Waals surface area contributed by atoms with Crippen LogP contribution in [-0.2, 0) is 4.74 Å². The Morgan fingerprint density at radius 1 is 0.971 bits per heavy atom. The number of urea groups is 1. The zero-order valence-corrected chi connectivity index (χ0v) is 20.7. The van der Waals surface area contributed by atoms with Crippen molar-refractivity contribution in [2.45, 2.75) is 69.6 Å². The van der Waals surface area contributed by atoms with Crippen molar-refractivity contribution in [2.24, 2.45) is 0 Å². The molecule has 2 N–H and O–H groups in total. The number of hydrogen-bond donors (Lipinski definition) is 2. The van der Waals surface area contributed by atoms with Crippen molar-refractivity contribution in [2.75, 3.05) is 18.5 Å². The Morgan fingerprint density at radius 2 is 1.71 bits per heavy atom. The van der Waals surface area contributed by atoms with Crippen LogP contribution < -0.4 is 15.4 Å². The molecule has 7 heteroatoms. The van der Waals surface area contributed by atoms with Crippen LogP contribution in [0.4, 0.5) is 10.5 Å². The number of halogens is 1. The molecule has 0 radical (unpaired) electrons. The molecule has 2 heterocycles. The number of fused-ring (bicyclic) bond motifs is 1. The van der Waals surface area contributed by atoms with Gasteiger partial charge in [-0.2, -0.15) is 0 Å². The molecular weight excluding hydrogens is 462 g/mol. The van der Waals surface area contributed by atoms with Gasteiger partial charge < -0.3 is 24.7 Å². The first-order valence-electron chi connectivity index (χ1n) is 12.9. The molecule has 2 aromatic carbocycles. The van der Waals surface area contributed by atoms with E-state index in [4.69, 9.17) is 21.1 Å². The highest BCUT2D eigenvalue weighted by atomic mass is 35.5. The lowest BCUT2D eigenvalue weighted by Gasteiger charge is -2.30. The first kappa shape index (κ1) is 22.7. The number of amides is 2. The van der Waals surface area contributed by atoms with Gasteiger partial charge in [0, 0.05) is 42.1 Å². The van der Waals surface area contributed by atoms with Crippen LogP contribution in [0.2, 0.25) is 5.02 Å². The molecule has 1 aliphatic heterocycles. The number of carbonyl (C=O) groups excluding carboxylic acids is 1. The zero-order chi connectivity index (χ0) is 23.8. The fourth-order valence-electron chi connectivity index (χ4n) is 5.22. The summed E-state index contributed by atoms with van der Waals surface area (Å²) in [4.78, 5) is 12.2. The average Bonchev–Trinajstić information content (AvgIpc) is 3.08. The Labute approximate surface area is 210 Å². The maximum Gasteiger partial charge on any atom is 0.319 e. The van der Waals surface area contributed by atoms with Crippen LogP contribution >= 0.6 is 11.6 Å². The standard InChI is InChI=1S/C28H32ClN3O3/c29-26-24-12-11-23(35-22-13-15-34-16-14-22)17-25(24)32(21-5-2-6-21)27(26)18-7-9-20(10-8-18)31-28(33)30-19-3-1-4-19/h7-12,17,19,21-22H,1-6,13-16H2,(H2,30,31,33). The van der Waals surface area contributed by atoms with Gasteiger partial charge in [0.25, 0.3) is 0 Å². The van der Waals surface area contributed by atoms with Crippen molar-refractivity contribution >= 4 is 34.2 Å². The van der Waals surface area contributed by atoms with Crippen molar-refractivity contribution < 1.29 is 14.3 Å².